The molecule has 1 atom stereocenters. The molecule has 0 saturated carbocycles. The molecule has 2 aromatic carbocycles. The molecule has 1 fully saturated rings. The number of fused-ring (bicyclic) bond motifs is 1. The fraction of sp³-hybridized carbons (Fsp3) is 0.111. The number of cyclic esters (lactones) is 1. The largest absolute Gasteiger partial charge is 0.446 e. The van der Waals surface area contributed by atoms with Crippen molar-refractivity contribution in [3.05, 3.63) is 54.2 Å². The molecule has 1 aromatic heterocycles. The molecular weight excluding hydrogens is 334 g/mol. The molecule has 26 heavy (non-hydrogen) atoms. The van der Waals surface area contributed by atoms with E-state index in [1.807, 2.05) is 12.1 Å². The average molecular weight is 347 g/mol. The van der Waals surface area contributed by atoms with Gasteiger partial charge in [-0.3, -0.25) is 14.8 Å². The number of para-hydroxylation sites is 1. The Morgan fingerprint density at radius 1 is 1.35 bits per heavy atom. The first kappa shape index (κ1) is 15.7. The summed E-state index contributed by atoms with van der Waals surface area (Å²) in [6.07, 6.45) is 1.03. The predicted octanol–water partition coefficient (Wildman–Crippen LogP) is 2.40. The van der Waals surface area contributed by atoms with Crippen LogP contribution >= 0.6 is 0 Å². The van der Waals surface area contributed by atoms with E-state index in [9.17, 15) is 9.59 Å². The molecule has 0 spiro atoms. The number of benzene rings is 2. The van der Waals surface area contributed by atoms with Crippen LogP contribution in [0.2, 0.25) is 0 Å². The lowest BCUT2D eigenvalue weighted by Crippen LogP contribution is -2.42. The summed E-state index contributed by atoms with van der Waals surface area (Å²) in [6, 6.07) is 13.1. The van der Waals surface area contributed by atoms with Gasteiger partial charge < -0.3 is 10.1 Å². The maximum Gasteiger partial charge on any atom is 0.415 e. The molecule has 0 aliphatic carbocycles. The second-order valence-electron chi connectivity index (χ2n) is 5.75. The number of nitriles is 1. The minimum atomic E-state index is -0.838. The van der Waals surface area contributed by atoms with E-state index in [2.05, 4.69) is 15.5 Å². The Kier molecular flexibility index (Phi) is 3.74. The summed E-state index contributed by atoms with van der Waals surface area (Å²) in [4.78, 5) is 26.2. The Morgan fingerprint density at radius 2 is 2.19 bits per heavy atom. The molecule has 4 rings (SSSR count). The number of amides is 2. The summed E-state index contributed by atoms with van der Waals surface area (Å²) < 4.78 is 5.06. The van der Waals surface area contributed by atoms with Crippen molar-refractivity contribution in [3.63, 3.8) is 0 Å². The Labute approximate surface area is 148 Å². The molecule has 3 aromatic rings. The molecule has 8 heteroatoms. The van der Waals surface area contributed by atoms with E-state index in [1.54, 1.807) is 42.6 Å². The number of hydrogen-bond donors (Lipinski definition) is 2. The van der Waals surface area contributed by atoms with Gasteiger partial charge in [0, 0.05) is 11.1 Å². The van der Waals surface area contributed by atoms with Crippen LogP contribution in [-0.4, -0.2) is 34.8 Å². The third-order valence-corrected chi connectivity index (χ3v) is 4.16. The number of carbonyl (C=O) groups excluding carboxylic acids is 2. The first-order valence-electron chi connectivity index (χ1n) is 7.86. The third kappa shape index (κ3) is 2.61. The number of aromatic amines is 1. The minimum Gasteiger partial charge on any atom is -0.446 e. The van der Waals surface area contributed by atoms with Crippen LogP contribution in [0.4, 0.5) is 16.2 Å². The van der Waals surface area contributed by atoms with Gasteiger partial charge in [-0.15, -0.1) is 0 Å². The topological polar surface area (TPSA) is 111 Å². The zero-order valence-corrected chi connectivity index (χ0v) is 13.5. The monoisotopic (exact) mass is 347 g/mol. The Hall–Kier alpha value is -3.86. The van der Waals surface area contributed by atoms with Crippen molar-refractivity contribution in [2.45, 2.75) is 6.04 Å². The molecule has 1 unspecified atom stereocenters. The van der Waals surface area contributed by atoms with E-state index < -0.39 is 12.1 Å². The second kappa shape index (κ2) is 6.22. The normalized spacial score (nSPS) is 16.3. The molecule has 1 aliphatic rings. The van der Waals surface area contributed by atoms with Crippen molar-refractivity contribution < 1.29 is 14.3 Å². The van der Waals surface area contributed by atoms with Crippen molar-refractivity contribution in [2.75, 3.05) is 16.8 Å². The fourth-order valence-corrected chi connectivity index (χ4v) is 2.91. The van der Waals surface area contributed by atoms with Crippen molar-refractivity contribution in [3.8, 4) is 6.07 Å². The Balaban J connectivity index is 1.63. The van der Waals surface area contributed by atoms with Crippen LogP contribution in [0.15, 0.2) is 48.7 Å². The molecule has 1 aliphatic heterocycles. The van der Waals surface area contributed by atoms with Crippen LogP contribution in [0.5, 0.6) is 0 Å². The van der Waals surface area contributed by atoms with Gasteiger partial charge in [-0.1, -0.05) is 18.2 Å². The first-order valence-corrected chi connectivity index (χ1v) is 7.86. The lowest BCUT2D eigenvalue weighted by atomic mass is 10.1. The lowest BCUT2D eigenvalue weighted by Gasteiger charge is -2.21. The van der Waals surface area contributed by atoms with Crippen molar-refractivity contribution in [2.24, 2.45) is 0 Å². The molecule has 128 valence electrons. The molecule has 0 bridgehead atoms. The van der Waals surface area contributed by atoms with Gasteiger partial charge in [0.15, 0.2) is 6.04 Å². The number of rotatable bonds is 3. The first-order chi connectivity index (χ1) is 12.7. The van der Waals surface area contributed by atoms with Crippen LogP contribution in [0.3, 0.4) is 0 Å². The highest BCUT2D eigenvalue weighted by Gasteiger charge is 2.39. The maximum atomic E-state index is 12.8. The molecule has 0 radical (unpaired) electrons. The van der Waals surface area contributed by atoms with Crippen LogP contribution < -0.4 is 10.2 Å². The van der Waals surface area contributed by atoms with Crippen LogP contribution in [0, 0.1) is 11.3 Å². The number of nitrogens with zero attached hydrogens (tertiary/aromatic N) is 3. The van der Waals surface area contributed by atoms with Gasteiger partial charge in [-0.05, 0) is 24.3 Å². The van der Waals surface area contributed by atoms with E-state index in [4.69, 9.17) is 10.00 Å². The number of aromatic nitrogens is 2. The summed E-state index contributed by atoms with van der Waals surface area (Å²) in [5, 5.41) is 19.5. The third-order valence-electron chi connectivity index (χ3n) is 4.16. The number of H-pyrrole nitrogens is 1. The van der Waals surface area contributed by atoms with E-state index in [-0.39, 0.29) is 12.5 Å². The van der Waals surface area contributed by atoms with Gasteiger partial charge in [-0.25, -0.2) is 4.79 Å². The van der Waals surface area contributed by atoms with Crippen molar-refractivity contribution in [1.82, 2.24) is 10.2 Å². The highest BCUT2D eigenvalue weighted by atomic mass is 16.6. The minimum absolute atomic E-state index is 0.0690. The maximum absolute atomic E-state index is 12.8. The summed E-state index contributed by atoms with van der Waals surface area (Å²) >= 11 is 0. The molecule has 2 amide bonds. The molecule has 2 heterocycles. The van der Waals surface area contributed by atoms with Crippen molar-refractivity contribution >= 4 is 34.3 Å². The van der Waals surface area contributed by atoms with E-state index in [0.717, 1.165) is 5.39 Å². The van der Waals surface area contributed by atoms with Gasteiger partial charge in [0.05, 0.1) is 29.0 Å². The summed E-state index contributed by atoms with van der Waals surface area (Å²) in [6.45, 7) is -0.0690. The number of ether oxygens (including phenoxy) is 1. The van der Waals surface area contributed by atoms with Gasteiger partial charge in [0.2, 0.25) is 0 Å². The number of nitrogens with one attached hydrogen (secondary N) is 2. The Morgan fingerprint density at radius 3 is 3.04 bits per heavy atom. The van der Waals surface area contributed by atoms with Gasteiger partial charge in [0.1, 0.15) is 6.61 Å². The lowest BCUT2D eigenvalue weighted by molar-refractivity contribution is -0.117. The summed E-state index contributed by atoms with van der Waals surface area (Å²) in [7, 11) is 0. The fourth-order valence-electron chi connectivity index (χ4n) is 2.91. The molecular formula is C18H13N5O3. The van der Waals surface area contributed by atoms with Gasteiger partial charge in [0.25, 0.3) is 5.91 Å². The van der Waals surface area contributed by atoms with Gasteiger partial charge in [-0.2, -0.15) is 10.4 Å². The number of anilines is 2. The number of carbonyl (C=O) groups is 2. The average Bonchev–Trinajstić information content (AvgIpc) is 3.29. The summed E-state index contributed by atoms with van der Waals surface area (Å²) in [5.41, 5.74) is 2.09. The highest BCUT2D eigenvalue weighted by molar-refractivity contribution is 6.07. The van der Waals surface area contributed by atoms with Gasteiger partial charge >= 0.3 is 6.09 Å². The number of hydrogen-bond acceptors (Lipinski definition) is 5. The second-order valence-corrected chi connectivity index (χ2v) is 5.75. The zero-order valence-electron chi connectivity index (χ0n) is 13.5. The zero-order chi connectivity index (χ0) is 18.1. The van der Waals surface area contributed by atoms with Crippen LogP contribution in [-0.2, 0) is 9.53 Å². The molecule has 1 saturated heterocycles. The van der Waals surface area contributed by atoms with Crippen LogP contribution in [0.1, 0.15) is 5.56 Å². The quantitative estimate of drug-likeness (QED) is 0.756. The Bertz CT molecular complexity index is 1050. The molecule has 8 nitrogen and oxygen atoms in total. The van der Waals surface area contributed by atoms with Crippen molar-refractivity contribution in [1.29, 1.82) is 5.26 Å². The van der Waals surface area contributed by atoms with Crippen LogP contribution in [0.25, 0.3) is 10.9 Å². The highest BCUT2D eigenvalue weighted by Crippen LogP contribution is 2.26. The van der Waals surface area contributed by atoms with E-state index in [0.29, 0.717) is 22.5 Å². The predicted molar refractivity (Wildman–Crippen MR) is 93.5 cm³/mol. The smallest absolute Gasteiger partial charge is 0.415 e. The van der Waals surface area contributed by atoms with E-state index >= 15 is 0 Å². The standard InChI is InChI=1S/C18H13N5O3/c19-8-11-3-1-5-13(7-11)23-15(10-26-18(23)25)17(24)21-14-6-2-4-12-9-20-22-16(12)14/h1-7,9,15H,10H2,(H,20,22)(H,21,24). The van der Waals surface area contributed by atoms with E-state index in [1.165, 1.54) is 4.90 Å². The molecule has 2 N–H and O–H groups in total. The SMILES string of the molecule is N#Cc1cccc(N2C(=O)OCC2C(=O)Nc2cccc3cn[nH]c23)c1. The summed E-state index contributed by atoms with van der Waals surface area (Å²) in [5.74, 6) is -0.389.